The molecule has 0 aliphatic heterocycles. The van der Waals surface area contributed by atoms with E-state index in [2.05, 4.69) is 40.8 Å². The summed E-state index contributed by atoms with van der Waals surface area (Å²) in [5.74, 6) is 0. The van der Waals surface area contributed by atoms with Gasteiger partial charge in [-0.3, -0.25) is 0 Å². The Hall–Kier alpha value is -1.60. The third-order valence-electron chi connectivity index (χ3n) is 0.458. The third kappa shape index (κ3) is 6.40. The van der Waals surface area contributed by atoms with Gasteiger partial charge >= 0.3 is 0 Å². The van der Waals surface area contributed by atoms with Gasteiger partial charge in [-0.05, 0) is 24.6 Å². The average Bonchev–Trinajstić information content (AvgIpc) is 1.89. The highest BCUT2D eigenvalue weighted by Gasteiger charge is 1.56. The van der Waals surface area contributed by atoms with Gasteiger partial charge in [0.05, 0.1) is 0 Å². The maximum absolute atomic E-state index is 4.64. The van der Waals surface area contributed by atoms with Crippen LogP contribution in [0.25, 0.3) is 0 Å². The van der Waals surface area contributed by atoms with Crippen LogP contribution >= 0.6 is 0 Å². The van der Waals surface area contributed by atoms with Crippen LogP contribution < -0.4 is 0 Å². The summed E-state index contributed by atoms with van der Waals surface area (Å²) in [5.41, 5.74) is 9.72. The molecule has 0 spiro atoms. The highest BCUT2D eigenvalue weighted by molar-refractivity contribution is 4.78. The largest absolute Gasteiger partial charge is 0.455 e. The minimum atomic E-state index is 1.30. The van der Waals surface area contributed by atoms with E-state index in [1.54, 1.807) is 0 Å². The van der Waals surface area contributed by atoms with Crippen molar-refractivity contribution in [2.24, 2.45) is 0 Å². The number of rotatable bonds is 2. The molecular formula is C8H6O. The van der Waals surface area contributed by atoms with E-state index in [1.807, 2.05) is 0 Å². The third-order valence-corrected chi connectivity index (χ3v) is 0.458. The van der Waals surface area contributed by atoms with Crippen LogP contribution in [-0.4, -0.2) is 0 Å². The molecule has 0 unspecified atom stereocenters. The summed E-state index contributed by atoms with van der Waals surface area (Å²) in [5, 5.41) is 0. The van der Waals surface area contributed by atoms with Crippen molar-refractivity contribution in [1.29, 1.82) is 0 Å². The summed E-state index contributed by atoms with van der Waals surface area (Å²) in [7, 11) is 0. The van der Waals surface area contributed by atoms with Crippen LogP contribution in [0.2, 0.25) is 0 Å². The Morgan fingerprint density at radius 3 is 1.78 bits per heavy atom. The molecule has 0 radical (unpaired) electrons. The smallest absolute Gasteiger partial charge is 0.141 e. The molecule has 0 bridgehead atoms. The molecule has 0 aliphatic rings. The van der Waals surface area contributed by atoms with Gasteiger partial charge in [-0.15, -0.1) is 0 Å². The van der Waals surface area contributed by atoms with Crippen LogP contribution in [0.4, 0.5) is 0 Å². The molecule has 0 amide bonds. The second-order valence-electron chi connectivity index (χ2n) is 1.01. The zero-order chi connectivity index (χ0) is 6.95. The first kappa shape index (κ1) is 7.40. The molecule has 0 fully saturated rings. The van der Waals surface area contributed by atoms with E-state index in [-0.39, 0.29) is 0 Å². The highest BCUT2D eigenvalue weighted by Crippen LogP contribution is 1.72. The monoisotopic (exact) mass is 118 g/mol. The molecular weight excluding hydrogens is 112 g/mol. The van der Waals surface area contributed by atoms with Crippen LogP contribution in [-0.2, 0) is 4.74 Å². The predicted molar refractivity (Wildman–Crippen MR) is 35.5 cm³/mol. The molecule has 0 aromatic rings. The van der Waals surface area contributed by atoms with E-state index in [0.29, 0.717) is 0 Å². The summed E-state index contributed by atoms with van der Waals surface area (Å²) in [4.78, 5) is 0. The van der Waals surface area contributed by atoms with Crippen LogP contribution in [0.15, 0.2) is 48.6 Å². The number of hydrogen-bond donors (Lipinski definition) is 0. The standard InChI is InChI=1S/C8H6O/c1-3-5-7-9-8-6-4-2/h7-8H,1-2H2. The summed E-state index contributed by atoms with van der Waals surface area (Å²) >= 11 is 0. The number of ether oxygens (including phenoxy) is 1. The van der Waals surface area contributed by atoms with Gasteiger partial charge in [0.2, 0.25) is 0 Å². The minimum absolute atomic E-state index is 1.30. The van der Waals surface area contributed by atoms with Crippen molar-refractivity contribution in [2.75, 3.05) is 0 Å². The van der Waals surface area contributed by atoms with Crippen LogP contribution in [0.1, 0.15) is 0 Å². The first-order valence-corrected chi connectivity index (χ1v) is 2.26. The quantitative estimate of drug-likeness (QED) is 0.397. The van der Waals surface area contributed by atoms with E-state index in [1.165, 1.54) is 12.5 Å². The van der Waals surface area contributed by atoms with Crippen molar-refractivity contribution in [2.45, 2.75) is 0 Å². The lowest BCUT2D eigenvalue weighted by Gasteiger charge is -1.76. The van der Waals surface area contributed by atoms with E-state index in [0.717, 1.165) is 0 Å². The van der Waals surface area contributed by atoms with Gasteiger partial charge in [0, 0.05) is 0 Å². The number of hydrogen-bond acceptors (Lipinski definition) is 1. The molecule has 0 heterocycles. The van der Waals surface area contributed by atoms with Crippen molar-refractivity contribution in [3.05, 3.63) is 48.6 Å². The maximum Gasteiger partial charge on any atom is 0.141 e. The highest BCUT2D eigenvalue weighted by atomic mass is 16.5. The lowest BCUT2D eigenvalue weighted by atomic mass is 10.8. The Kier molecular flexibility index (Phi) is 5.26. The summed E-state index contributed by atoms with van der Waals surface area (Å²) in [6, 6.07) is 0. The zero-order valence-electron chi connectivity index (χ0n) is 4.98. The molecule has 9 heavy (non-hydrogen) atoms. The van der Waals surface area contributed by atoms with Crippen LogP contribution in [0.3, 0.4) is 0 Å². The molecule has 0 rings (SSSR count). The fourth-order valence-electron chi connectivity index (χ4n) is 0.185. The van der Waals surface area contributed by atoms with Crippen molar-refractivity contribution in [3.63, 3.8) is 0 Å². The van der Waals surface area contributed by atoms with Crippen molar-refractivity contribution in [3.8, 4) is 0 Å². The molecule has 44 valence electrons. The van der Waals surface area contributed by atoms with Crippen molar-refractivity contribution >= 4 is 0 Å². The van der Waals surface area contributed by atoms with Gasteiger partial charge in [-0.25, -0.2) is 0 Å². The fraction of sp³-hybridized carbons (Fsp3) is 0. The Morgan fingerprint density at radius 1 is 1.00 bits per heavy atom. The first-order valence-electron chi connectivity index (χ1n) is 2.26. The molecule has 1 nitrogen and oxygen atoms in total. The first-order chi connectivity index (χ1) is 4.41. The second-order valence-corrected chi connectivity index (χ2v) is 1.01. The molecule has 0 aromatic carbocycles. The summed E-state index contributed by atoms with van der Waals surface area (Å²) < 4.78 is 4.64. The Bertz CT molecular complexity index is 199. The molecule has 1 heteroatoms. The molecule has 0 saturated carbocycles. The summed E-state index contributed by atoms with van der Waals surface area (Å²) in [6.45, 7) is 6.54. The zero-order valence-corrected chi connectivity index (χ0v) is 4.98. The molecule has 0 N–H and O–H groups in total. The van der Waals surface area contributed by atoms with Gasteiger partial charge in [0.1, 0.15) is 12.5 Å². The van der Waals surface area contributed by atoms with Gasteiger partial charge in [-0.1, -0.05) is 11.5 Å². The normalized spacial score (nSPS) is 4.89. The lowest BCUT2D eigenvalue weighted by molar-refractivity contribution is 0.405. The Labute approximate surface area is 54.3 Å². The van der Waals surface area contributed by atoms with Crippen molar-refractivity contribution in [1.82, 2.24) is 0 Å². The van der Waals surface area contributed by atoms with E-state index >= 15 is 0 Å². The molecule has 0 atom stereocenters. The van der Waals surface area contributed by atoms with Gasteiger partial charge in [-0.2, -0.15) is 0 Å². The maximum atomic E-state index is 4.64. The average molecular weight is 118 g/mol. The minimum Gasteiger partial charge on any atom is -0.455 e. The Morgan fingerprint density at radius 2 is 1.44 bits per heavy atom. The molecule has 0 saturated heterocycles. The van der Waals surface area contributed by atoms with E-state index in [9.17, 15) is 0 Å². The SMILES string of the molecule is C=C=C=COC=C=C=C. The second kappa shape index (κ2) is 6.40. The van der Waals surface area contributed by atoms with E-state index in [4.69, 9.17) is 0 Å². The fourth-order valence-corrected chi connectivity index (χ4v) is 0.185. The van der Waals surface area contributed by atoms with Crippen LogP contribution in [0, 0.1) is 0 Å². The predicted octanol–water partition coefficient (Wildman–Crippen LogP) is 1.91. The Balaban J connectivity index is 3.80. The van der Waals surface area contributed by atoms with Gasteiger partial charge in [0.15, 0.2) is 0 Å². The topological polar surface area (TPSA) is 9.23 Å². The van der Waals surface area contributed by atoms with Gasteiger partial charge < -0.3 is 4.74 Å². The van der Waals surface area contributed by atoms with Gasteiger partial charge in [0.25, 0.3) is 0 Å². The molecule has 0 aromatic heterocycles. The molecule has 0 aliphatic carbocycles. The van der Waals surface area contributed by atoms with Crippen molar-refractivity contribution < 1.29 is 4.74 Å². The lowest BCUT2D eigenvalue weighted by Crippen LogP contribution is -1.56. The summed E-state index contributed by atoms with van der Waals surface area (Å²) in [6.07, 6.45) is 2.61. The van der Waals surface area contributed by atoms with E-state index < -0.39 is 0 Å². The van der Waals surface area contributed by atoms with Crippen LogP contribution in [0.5, 0.6) is 0 Å².